The first kappa shape index (κ1) is 77.0. The molecular weight excluding hydrogens is 1250 g/mol. The Morgan fingerprint density at radius 3 is 1.83 bits per heavy atom. The molecule has 30 atom stereocenters. The molecule has 0 spiro atoms. The minimum Gasteiger partial charge on any atom is -0.479 e. The van der Waals surface area contributed by atoms with Crippen molar-refractivity contribution in [2.75, 3.05) is 26.4 Å². The molecule has 4 saturated carbocycles. The Hall–Kier alpha value is -3.70. The number of aliphatic hydroxyl groups excluding tert-OH is 12. The minimum absolute atomic E-state index is 0.167. The molecule has 0 aromatic carbocycles. The van der Waals surface area contributed by atoms with Crippen LogP contribution in [0.15, 0.2) is 34.9 Å². The van der Waals surface area contributed by atoms with Gasteiger partial charge in [0.2, 0.25) is 0 Å². The lowest BCUT2D eigenvalue weighted by Crippen LogP contribution is -2.77. The van der Waals surface area contributed by atoms with E-state index in [0.717, 1.165) is 5.57 Å². The zero-order valence-electron chi connectivity index (χ0n) is 57.0. The van der Waals surface area contributed by atoms with Crippen LogP contribution in [0.5, 0.6) is 0 Å². The molecule has 13 N–H and O–H groups in total. The number of hydrogen-bond acceptors (Lipinski definition) is 27. The number of carbonyl (C=O) groups is 4. The molecule has 5 aliphatic carbocycles. The van der Waals surface area contributed by atoms with Gasteiger partial charge >= 0.3 is 23.9 Å². The average Bonchev–Trinajstić information content (AvgIpc) is 0.757. The summed E-state index contributed by atoms with van der Waals surface area (Å²) in [5.41, 5.74) is -5.00. The molecular formula is C67H106O28. The van der Waals surface area contributed by atoms with E-state index in [0.29, 0.717) is 32.1 Å². The van der Waals surface area contributed by atoms with Crippen LogP contribution in [0, 0.1) is 50.2 Å². The van der Waals surface area contributed by atoms with Crippen molar-refractivity contribution in [2.45, 2.75) is 283 Å². The smallest absolute Gasteiger partial charge is 0.335 e. The quantitative estimate of drug-likeness (QED) is 0.0167. The van der Waals surface area contributed by atoms with E-state index in [2.05, 4.69) is 19.9 Å². The first-order valence-electron chi connectivity index (χ1n) is 33.3. The number of fused-ring (bicyclic) bond motifs is 7. The Kier molecular flexibility index (Phi) is 23.9. The van der Waals surface area contributed by atoms with Gasteiger partial charge in [0, 0.05) is 23.5 Å². The van der Waals surface area contributed by atoms with Gasteiger partial charge in [0.1, 0.15) is 67.1 Å². The topological polar surface area (TPSA) is 433 Å². The van der Waals surface area contributed by atoms with Crippen LogP contribution in [-0.2, 0) is 71.3 Å². The molecule has 28 heteroatoms. The Labute approximate surface area is 554 Å². The second kappa shape index (κ2) is 29.5. The van der Waals surface area contributed by atoms with Crippen LogP contribution in [0.1, 0.15) is 142 Å². The van der Waals surface area contributed by atoms with E-state index < -0.39 is 236 Å². The molecule has 8 rings (SSSR count). The molecule has 8 aliphatic rings. The van der Waals surface area contributed by atoms with Crippen LogP contribution in [0.4, 0.5) is 0 Å². The molecule has 3 heterocycles. The summed E-state index contributed by atoms with van der Waals surface area (Å²) in [4.78, 5) is 53.2. The molecule has 3 aliphatic heterocycles. The van der Waals surface area contributed by atoms with E-state index in [1.54, 1.807) is 20.8 Å². The number of hydrogen-bond donors (Lipinski definition) is 13. The molecule has 7 fully saturated rings. The van der Waals surface area contributed by atoms with Gasteiger partial charge in [-0.3, -0.25) is 4.79 Å². The van der Waals surface area contributed by atoms with Crippen molar-refractivity contribution in [3.8, 4) is 0 Å². The molecule has 0 aromatic heterocycles. The van der Waals surface area contributed by atoms with E-state index in [9.17, 15) is 85.6 Å². The molecule has 28 nitrogen and oxygen atoms in total. The summed E-state index contributed by atoms with van der Waals surface area (Å²) >= 11 is 0. The second-order valence-corrected chi connectivity index (χ2v) is 29.8. The summed E-state index contributed by atoms with van der Waals surface area (Å²) in [5.74, 6) is -5.11. The maximum atomic E-state index is 13.5. The van der Waals surface area contributed by atoms with Gasteiger partial charge in [0.05, 0.1) is 62.4 Å². The van der Waals surface area contributed by atoms with Gasteiger partial charge in [0.15, 0.2) is 43.5 Å². The highest BCUT2D eigenvalue weighted by Gasteiger charge is 2.76. The predicted molar refractivity (Wildman–Crippen MR) is 329 cm³/mol. The zero-order valence-corrected chi connectivity index (χ0v) is 57.0. The molecule has 0 radical (unpaired) electrons. The highest BCUT2D eigenvalue weighted by molar-refractivity contribution is 5.88. The normalized spacial score (nSPS) is 44.5. The number of esters is 3. The Balaban J connectivity index is 1.08. The maximum Gasteiger partial charge on any atom is 0.335 e. The van der Waals surface area contributed by atoms with Crippen LogP contribution in [0.25, 0.3) is 0 Å². The van der Waals surface area contributed by atoms with Crippen molar-refractivity contribution in [3.63, 3.8) is 0 Å². The molecule has 3 saturated heterocycles. The third-order valence-corrected chi connectivity index (χ3v) is 23.7. The number of carbonyl (C=O) groups excluding carboxylic acids is 3. The van der Waals surface area contributed by atoms with Crippen molar-refractivity contribution in [1.82, 2.24) is 0 Å². The van der Waals surface area contributed by atoms with Crippen LogP contribution < -0.4 is 0 Å². The first-order chi connectivity index (χ1) is 44.3. The molecule has 542 valence electrons. The van der Waals surface area contributed by atoms with Gasteiger partial charge in [-0.1, -0.05) is 72.3 Å². The van der Waals surface area contributed by atoms with E-state index in [1.165, 1.54) is 39.8 Å². The summed E-state index contributed by atoms with van der Waals surface area (Å²) < 4.78 is 66.8. The number of aliphatic carboxylic acids is 1. The van der Waals surface area contributed by atoms with Crippen molar-refractivity contribution in [3.05, 3.63) is 34.9 Å². The van der Waals surface area contributed by atoms with Crippen molar-refractivity contribution < 1.29 is 138 Å². The number of ether oxygens (including phenoxy) is 11. The third-order valence-electron chi connectivity index (χ3n) is 23.7. The standard InChI is InChI=1S/C67H106O28/c1-15-29(3)56(83)92-48-31(5)86-61(47(78)50(48)93-57(84)30(4)16-2)95-53-54(88-33(7)71)67(28-70)35(25-62(53,8)9)34-17-18-40-64(12)22-20-41(63(10,11)39(64)19-23-65(40,13)66(34,14)51(79)52(67)80)91-58(32(6)87-60-46(77)44(75)42(73)37(26-68)90-60)94-49(55(81)82)36(72)21-24-85-59-45(76)43(74)38(27-69)89-59/h15-17,31-32,35-54,58-61,68-70,72-80H,18-28H2,1-14H3,(H,81,82)/b29-15-,30-16-/t31?,32-,35?,36-,37?,38-,39?,40?,41-,42-,43?,44?,45-,46-,47-,48-,49?,50?,51-,52-,53-,54-,58+,59+,60+,61-,64-,65+,66-,67-/m0/s1. The summed E-state index contributed by atoms with van der Waals surface area (Å²) in [6, 6.07) is 0. The fourth-order valence-corrected chi connectivity index (χ4v) is 17.7. The summed E-state index contributed by atoms with van der Waals surface area (Å²) in [5, 5.41) is 145. The number of carboxylic acid groups (broad SMARTS) is 1. The fourth-order valence-electron chi connectivity index (χ4n) is 17.7. The largest absolute Gasteiger partial charge is 0.479 e. The molecule has 0 aromatic rings. The third kappa shape index (κ3) is 13.7. The second-order valence-electron chi connectivity index (χ2n) is 29.8. The zero-order chi connectivity index (χ0) is 70.7. The number of allylic oxidation sites excluding steroid dienone is 3. The van der Waals surface area contributed by atoms with Gasteiger partial charge in [-0.05, 0) is 126 Å². The van der Waals surface area contributed by atoms with Gasteiger partial charge in [0.25, 0.3) is 0 Å². The highest BCUT2D eigenvalue weighted by Crippen LogP contribution is 2.76. The Bertz CT molecular complexity index is 2810. The van der Waals surface area contributed by atoms with Gasteiger partial charge in [-0.2, -0.15) is 0 Å². The first-order valence-corrected chi connectivity index (χ1v) is 33.3. The van der Waals surface area contributed by atoms with Gasteiger partial charge < -0.3 is 118 Å². The molecule has 0 amide bonds. The van der Waals surface area contributed by atoms with Gasteiger partial charge in [-0.15, -0.1) is 0 Å². The lowest BCUT2D eigenvalue weighted by atomic mass is 9.32. The SMILES string of the molecule is C/C=C(/C)C(=O)OC1[C@@H](OC(=O)/C(C)=C\C)C(C)O[C@@H](O[C@H]2[C@H](OC(C)=O)[C@@]3(CO)C(CC2(C)C)C2=CCC4[C@@]5(C)CC[C@H](O[C@H](OC(C(=O)O)[C@@H](O)CCO[C@@H]6O[C@@H](CO)C(O)[C@@H]6O)[C@H](C)O[C@@H]6OC(CO)[C@H](O)C(O)[C@@H]6O)C(C)(C)C5CC[C@@]4(C)[C@]2(C)[C@@H](O)[C@@H]3O)[C@H]1O. The van der Waals surface area contributed by atoms with Crippen molar-refractivity contribution >= 4 is 23.9 Å². The lowest BCUT2D eigenvalue weighted by molar-refractivity contribution is -0.349. The highest BCUT2D eigenvalue weighted by atomic mass is 16.8. The summed E-state index contributed by atoms with van der Waals surface area (Å²) in [6.45, 7) is 21.9. The van der Waals surface area contributed by atoms with Crippen LogP contribution in [-0.4, -0.2) is 258 Å². The van der Waals surface area contributed by atoms with E-state index >= 15 is 0 Å². The van der Waals surface area contributed by atoms with Crippen LogP contribution in [0.3, 0.4) is 0 Å². The minimum atomic E-state index is -2.05. The fraction of sp³-hybridized carbons (Fsp3) is 0.851. The predicted octanol–water partition coefficient (Wildman–Crippen LogP) is 0.713. The maximum absolute atomic E-state index is 13.5. The van der Waals surface area contributed by atoms with E-state index in [4.69, 9.17) is 52.1 Å². The number of aliphatic hydroxyl groups is 12. The lowest BCUT2D eigenvalue weighted by Gasteiger charge is -2.73. The average molecular weight is 1360 g/mol. The van der Waals surface area contributed by atoms with Gasteiger partial charge in [-0.25, -0.2) is 14.4 Å². The van der Waals surface area contributed by atoms with Crippen molar-refractivity contribution in [1.29, 1.82) is 0 Å². The van der Waals surface area contributed by atoms with Crippen LogP contribution in [0.2, 0.25) is 0 Å². The summed E-state index contributed by atoms with van der Waals surface area (Å²) in [7, 11) is 0. The number of carboxylic acids is 1. The monoisotopic (exact) mass is 1360 g/mol. The molecule has 95 heavy (non-hydrogen) atoms. The molecule has 0 bridgehead atoms. The summed E-state index contributed by atoms with van der Waals surface area (Å²) in [6.07, 6.45) is -28.2. The van der Waals surface area contributed by atoms with E-state index in [1.807, 2.05) is 34.6 Å². The van der Waals surface area contributed by atoms with Crippen molar-refractivity contribution in [2.24, 2.45) is 50.2 Å². The van der Waals surface area contributed by atoms with Crippen LogP contribution >= 0.6 is 0 Å². The number of rotatable bonds is 23. The van der Waals surface area contributed by atoms with E-state index in [-0.39, 0.29) is 29.4 Å². The Morgan fingerprint density at radius 1 is 0.684 bits per heavy atom. The molecule has 9 unspecified atom stereocenters. The Morgan fingerprint density at radius 2 is 1.26 bits per heavy atom.